The predicted molar refractivity (Wildman–Crippen MR) is 99.4 cm³/mol. The lowest BCUT2D eigenvalue weighted by molar-refractivity contribution is -0.167. The van der Waals surface area contributed by atoms with Crippen LogP contribution in [-0.4, -0.2) is 18.0 Å². The van der Waals surface area contributed by atoms with Crippen LogP contribution >= 0.6 is 0 Å². The molecule has 4 rings (SSSR count). The lowest BCUT2D eigenvalue weighted by atomic mass is 9.91. The third-order valence-electron chi connectivity index (χ3n) is 5.62. The number of rotatable bonds is 3. The van der Waals surface area contributed by atoms with E-state index < -0.39 is 12.1 Å². The number of nitrogens with one attached hydrogen (secondary N) is 2. The van der Waals surface area contributed by atoms with Gasteiger partial charge in [0, 0.05) is 11.4 Å². The van der Waals surface area contributed by atoms with E-state index in [2.05, 4.69) is 11.4 Å². The predicted octanol–water partition coefficient (Wildman–Crippen LogP) is 4.38. The summed E-state index contributed by atoms with van der Waals surface area (Å²) in [7, 11) is 0. The number of hydrogen-bond donors (Lipinski definition) is 2. The van der Waals surface area contributed by atoms with Gasteiger partial charge in [-0.05, 0) is 79.1 Å². The minimum absolute atomic E-state index is 0.0665. The minimum Gasteiger partial charge on any atom is -0.325 e. The van der Waals surface area contributed by atoms with Crippen LogP contribution in [0.1, 0.15) is 40.7 Å². The molecule has 0 radical (unpaired) electrons. The lowest BCUT2D eigenvalue weighted by Crippen LogP contribution is -2.30. The van der Waals surface area contributed by atoms with E-state index in [1.165, 1.54) is 0 Å². The van der Waals surface area contributed by atoms with Crippen LogP contribution in [0.2, 0.25) is 0 Å². The number of anilines is 2. The second kappa shape index (κ2) is 6.09. The smallest absolute Gasteiger partial charge is 0.325 e. The molecule has 2 aromatic rings. The number of aryl methyl sites for hydroxylation is 2. The first-order chi connectivity index (χ1) is 13.1. The third kappa shape index (κ3) is 3.04. The Balaban J connectivity index is 1.59. The van der Waals surface area contributed by atoms with Crippen LogP contribution in [0.25, 0.3) is 0 Å². The van der Waals surface area contributed by atoms with Crippen molar-refractivity contribution >= 4 is 23.2 Å². The number of carbonyl (C=O) groups is 2. The molecule has 0 atom stereocenters. The van der Waals surface area contributed by atoms with Gasteiger partial charge < -0.3 is 10.6 Å². The zero-order valence-electron chi connectivity index (χ0n) is 15.5. The van der Waals surface area contributed by atoms with E-state index in [0.29, 0.717) is 6.42 Å². The molecule has 1 spiro atoms. The molecule has 0 aromatic heterocycles. The second-order valence-corrected chi connectivity index (χ2v) is 7.63. The third-order valence-corrected chi connectivity index (χ3v) is 5.62. The molecule has 2 N–H and O–H groups in total. The molecular weight excluding hydrogens is 369 g/mol. The van der Waals surface area contributed by atoms with Crippen molar-refractivity contribution in [2.75, 3.05) is 10.6 Å². The van der Waals surface area contributed by atoms with Crippen LogP contribution in [0.4, 0.5) is 24.5 Å². The molecule has 146 valence electrons. The maximum Gasteiger partial charge on any atom is 0.471 e. The SMILES string of the molecule is Cc1cc(NC(=O)C(F)(F)F)cc(C)c1Cc1ccc2c(c1)C1(CC1)C(=O)N2. The van der Waals surface area contributed by atoms with Crippen LogP contribution < -0.4 is 10.6 Å². The first-order valence-electron chi connectivity index (χ1n) is 9.03. The quantitative estimate of drug-likeness (QED) is 0.820. The molecule has 1 aliphatic heterocycles. The maximum atomic E-state index is 12.5. The Kier molecular flexibility index (Phi) is 4.03. The highest BCUT2D eigenvalue weighted by atomic mass is 19.4. The topological polar surface area (TPSA) is 58.2 Å². The Morgan fingerprint density at radius 2 is 1.79 bits per heavy atom. The number of amides is 2. The molecule has 0 saturated heterocycles. The van der Waals surface area contributed by atoms with Crippen molar-refractivity contribution in [2.45, 2.75) is 44.7 Å². The van der Waals surface area contributed by atoms with Crippen LogP contribution in [0.3, 0.4) is 0 Å². The Morgan fingerprint density at radius 3 is 2.36 bits per heavy atom. The lowest BCUT2D eigenvalue weighted by Gasteiger charge is -2.15. The van der Waals surface area contributed by atoms with E-state index in [1.807, 2.05) is 31.3 Å². The average molecular weight is 388 g/mol. The molecule has 1 saturated carbocycles. The van der Waals surface area contributed by atoms with Crippen molar-refractivity contribution in [2.24, 2.45) is 0 Å². The number of halogens is 3. The molecule has 1 aliphatic carbocycles. The second-order valence-electron chi connectivity index (χ2n) is 7.63. The Morgan fingerprint density at radius 1 is 1.14 bits per heavy atom. The molecule has 2 aliphatic rings. The van der Waals surface area contributed by atoms with Gasteiger partial charge in [-0.15, -0.1) is 0 Å². The molecule has 1 heterocycles. The summed E-state index contributed by atoms with van der Waals surface area (Å²) < 4.78 is 37.4. The highest BCUT2D eigenvalue weighted by Gasteiger charge is 2.56. The summed E-state index contributed by atoms with van der Waals surface area (Å²) in [5.41, 5.74) is 5.31. The van der Waals surface area contributed by atoms with E-state index in [9.17, 15) is 22.8 Å². The minimum atomic E-state index is -4.92. The van der Waals surface area contributed by atoms with E-state index in [1.54, 1.807) is 12.1 Å². The Labute approximate surface area is 160 Å². The van der Waals surface area contributed by atoms with Gasteiger partial charge >= 0.3 is 12.1 Å². The summed E-state index contributed by atoms with van der Waals surface area (Å²) in [6.45, 7) is 3.62. The van der Waals surface area contributed by atoms with E-state index in [4.69, 9.17) is 0 Å². The molecule has 0 bridgehead atoms. The van der Waals surface area contributed by atoms with Gasteiger partial charge in [0.05, 0.1) is 5.41 Å². The fraction of sp³-hybridized carbons (Fsp3) is 0.333. The van der Waals surface area contributed by atoms with Crippen molar-refractivity contribution in [1.82, 2.24) is 0 Å². The summed E-state index contributed by atoms with van der Waals surface area (Å²) >= 11 is 0. The van der Waals surface area contributed by atoms with Crippen molar-refractivity contribution in [3.05, 3.63) is 58.1 Å². The molecule has 1 fully saturated rings. The number of fused-ring (bicyclic) bond motifs is 2. The van der Waals surface area contributed by atoms with Gasteiger partial charge in [-0.2, -0.15) is 13.2 Å². The van der Waals surface area contributed by atoms with E-state index >= 15 is 0 Å². The van der Waals surface area contributed by atoms with Gasteiger partial charge in [-0.25, -0.2) is 0 Å². The van der Waals surface area contributed by atoms with Gasteiger partial charge in [0.2, 0.25) is 5.91 Å². The largest absolute Gasteiger partial charge is 0.471 e. The number of hydrogen-bond acceptors (Lipinski definition) is 2. The normalized spacial score (nSPS) is 16.7. The van der Waals surface area contributed by atoms with Gasteiger partial charge in [-0.3, -0.25) is 9.59 Å². The van der Waals surface area contributed by atoms with Crippen molar-refractivity contribution in [3.8, 4) is 0 Å². The fourth-order valence-corrected chi connectivity index (χ4v) is 3.94. The summed E-state index contributed by atoms with van der Waals surface area (Å²) in [5, 5.41) is 4.83. The van der Waals surface area contributed by atoms with Gasteiger partial charge in [0.1, 0.15) is 0 Å². The summed E-state index contributed by atoms with van der Waals surface area (Å²) in [6.07, 6.45) is -2.60. The summed E-state index contributed by atoms with van der Waals surface area (Å²) in [5.74, 6) is -1.92. The molecule has 28 heavy (non-hydrogen) atoms. The molecule has 7 heteroatoms. The molecule has 0 unspecified atom stereocenters. The summed E-state index contributed by atoms with van der Waals surface area (Å²) in [4.78, 5) is 23.3. The highest BCUT2D eigenvalue weighted by molar-refractivity contribution is 6.08. The van der Waals surface area contributed by atoms with Crippen LogP contribution in [0.15, 0.2) is 30.3 Å². The van der Waals surface area contributed by atoms with Crippen molar-refractivity contribution in [3.63, 3.8) is 0 Å². The number of alkyl halides is 3. The van der Waals surface area contributed by atoms with Crippen LogP contribution in [0.5, 0.6) is 0 Å². The first-order valence-corrected chi connectivity index (χ1v) is 9.03. The number of benzene rings is 2. The average Bonchev–Trinajstić information content (AvgIpc) is 3.35. The fourth-order valence-electron chi connectivity index (χ4n) is 3.94. The van der Waals surface area contributed by atoms with Gasteiger partial charge in [0.25, 0.3) is 0 Å². The van der Waals surface area contributed by atoms with E-state index in [-0.39, 0.29) is 17.0 Å². The molecule has 4 nitrogen and oxygen atoms in total. The summed E-state index contributed by atoms with van der Waals surface area (Å²) in [6, 6.07) is 9.02. The maximum absolute atomic E-state index is 12.5. The van der Waals surface area contributed by atoms with Gasteiger partial charge in [0.15, 0.2) is 0 Å². The molecule has 2 amide bonds. The standard InChI is InChI=1S/C21H19F3N2O2/c1-11-7-14(25-19(28)21(22,23)24)8-12(2)15(11)9-13-3-4-17-16(10-13)20(5-6-20)18(27)26-17/h3-4,7-8,10H,5-6,9H2,1-2H3,(H,25,28)(H,26,27). The van der Waals surface area contributed by atoms with Crippen molar-refractivity contribution in [1.29, 1.82) is 0 Å². The van der Waals surface area contributed by atoms with Crippen molar-refractivity contribution < 1.29 is 22.8 Å². The van der Waals surface area contributed by atoms with Crippen LogP contribution in [0, 0.1) is 13.8 Å². The monoisotopic (exact) mass is 388 g/mol. The first kappa shape index (κ1) is 18.5. The molecule has 2 aromatic carbocycles. The Hall–Kier alpha value is -2.83. The molecular formula is C21H19F3N2O2. The zero-order chi connectivity index (χ0) is 20.3. The van der Waals surface area contributed by atoms with Crippen LogP contribution in [-0.2, 0) is 21.4 Å². The van der Waals surface area contributed by atoms with E-state index in [0.717, 1.165) is 46.3 Å². The Bertz CT molecular complexity index is 984. The van der Waals surface area contributed by atoms with Gasteiger partial charge in [-0.1, -0.05) is 12.1 Å². The highest BCUT2D eigenvalue weighted by Crippen LogP contribution is 2.55. The zero-order valence-corrected chi connectivity index (χ0v) is 15.5. The number of carbonyl (C=O) groups excluding carboxylic acids is 2.